The predicted molar refractivity (Wildman–Crippen MR) is 121 cm³/mol. The van der Waals surface area contributed by atoms with Gasteiger partial charge in [-0.05, 0) is 44.5 Å². The number of fused-ring (bicyclic) bond motifs is 1. The van der Waals surface area contributed by atoms with Gasteiger partial charge in [0.05, 0.1) is 22.5 Å². The number of benzene rings is 2. The molecule has 0 spiro atoms. The number of aryl methyl sites for hydroxylation is 2. The summed E-state index contributed by atoms with van der Waals surface area (Å²) in [5.74, 6) is -0.326. The third-order valence-electron chi connectivity index (χ3n) is 5.30. The van der Waals surface area contributed by atoms with E-state index in [-0.39, 0.29) is 12.5 Å². The molecule has 4 aromatic rings. The van der Waals surface area contributed by atoms with Gasteiger partial charge in [0, 0.05) is 11.6 Å². The number of amides is 1. The number of hydrogen-bond donors (Lipinski definition) is 1. The number of aromatic nitrogens is 4. The molecule has 2 aromatic carbocycles. The highest BCUT2D eigenvalue weighted by molar-refractivity contribution is 6.31. The van der Waals surface area contributed by atoms with Crippen molar-refractivity contribution in [1.82, 2.24) is 24.9 Å². The van der Waals surface area contributed by atoms with Crippen LogP contribution in [0.5, 0.6) is 0 Å². The van der Waals surface area contributed by atoms with Crippen LogP contribution < -0.4 is 10.9 Å². The maximum Gasteiger partial charge on any atom is 0.295 e. The third kappa shape index (κ3) is 3.84. The number of halogens is 1. The second-order valence-electron chi connectivity index (χ2n) is 7.38. The summed E-state index contributed by atoms with van der Waals surface area (Å²) in [6, 6.07) is 16.1. The molecule has 1 atom stereocenters. The van der Waals surface area contributed by atoms with E-state index in [9.17, 15) is 9.59 Å². The van der Waals surface area contributed by atoms with E-state index in [0.717, 1.165) is 16.9 Å². The molecule has 0 aliphatic heterocycles. The zero-order valence-electron chi connectivity index (χ0n) is 17.5. The Morgan fingerprint density at radius 2 is 1.74 bits per heavy atom. The van der Waals surface area contributed by atoms with Crippen LogP contribution in [0.15, 0.2) is 59.4 Å². The average molecular weight is 436 g/mol. The Morgan fingerprint density at radius 3 is 2.45 bits per heavy atom. The van der Waals surface area contributed by atoms with E-state index in [2.05, 4.69) is 15.5 Å². The molecular weight excluding hydrogens is 414 g/mol. The van der Waals surface area contributed by atoms with Crippen molar-refractivity contribution in [3.63, 3.8) is 0 Å². The van der Waals surface area contributed by atoms with Gasteiger partial charge in [0.2, 0.25) is 5.91 Å². The lowest BCUT2D eigenvalue weighted by atomic mass is 10.2. The highest BCUT2D eigenvalue weighted by Gasteiger charge is 2.23. The molecule has 0 fully saturated rings. The van der Waals surface area contributed by atoms with Gasteiger partial charge in [-0.2, -0.15) is 10.2 Å². The Bertz CT molecular complexity index is 1330. The van der Waals surface area contributed by atoms with E-state index < -0.39 is 11.6 Å². The summed E-state index contributed by atoms with van der Waals surface area (Å²) in [4.78, 5) is 25.9. The lowest BCUT2D eigenvalue weighted by molar-refractivity contribution is -0.124. The van der Waals surface area contributed by atoms with E-state index in [1.54, 1.807) is 17.7 Å². The molecule has 7 nitrogen and oxygen atoms in total. The minimum atomic E-state index is -0.805. The number of para-hydroxylation sites is 1. The average Bonchev–Trinajstić information content (AvgIpc) is 3.13. The molecule has 2 heterocycles. The number of rotatable bonds is 5. The first-order chi connectivity index (χ1) is 14.9. The molecule has 1 N–H and O–H groups in total. The van der Waals surface area contributed by atoms with Crippen LogP contribution in [0.1, 0.15) is 29.9 Å². The molecule has 1 unspecified atom stereocenters. The fourth-order valence-corrected chi connectivity index (χ4v) is 3.82. The van der Waals surface area contributed by atoms with Crippen LogP contribution in [-0.4, -0.2) is 25.5 Å². The number of carbonyl (C=O) groups is 1. The summed E-state index contributed by atoms with van der Waals surface area (Å²) in [6.45, 7) is 5.63. The highest BCUT2D eigenvalue weighted by atomic mass is 35.5. The van der Waals surface area contributed by atoms with Crippen molar-refractivity contribution in [3.8, 4) is 5.69 Å². The Morgan fingerprint density at radius 1 is 1.06 bits per heavy atom. The Balaban J connectivity index is 1.68. The van der Waals surface area contributed by atoms with Crippen molar-refractivity contribution in [2.75, 3.05) is 0 Å². The van der Waals surface area contributed by atoms with Crippen LogP contribution in [0, 0.1) is 13.8 Å². The van der Waals surface area contributed by atoms with Crippen LogP contribution in [0.3, 0.4) is 0 Å². The first kappa shape index (κ1) is 20.8. The number of hydrogen-bond acceptors (Lipinski definition) is 4. The summed E-state index contributed by atoms with van der Waals surface area (Å²) >= 11 is 6.15. The number of nitrogens with one attached hydrogen (secondary N) is 1. The van der Waals surface area contributed by atoms with Gasteiger partial charge in [0.25, 0.3) is 5.56 Å². The topological polar surface area (TPSA) is 81.8 Å². The maximum atomic E-state index is 13.2. The molecule has 4 rings (SSSR count). The zero-order valence-corrected chi connectivity index (χ0v) is 18.2. The quantitative estimate of drug-likeness (QED) is 0.518. The predicted octanol–water partition coefficient (Wildman–Crippen LogP) is 3.73. The summed E-state index contributed by atoms with van der Waals surface area (Å²) in [5, 5.41) is 13.1. The van der Waals surface area contributed by atoms with Gasteiger partial charge in [-0.3, -0.25) is 9.59 Å². The first-order valence-electron chi connectivity index (χ1n) is 9.93. The van der Waals surface area contributed by atoms with Gasteiger partial charge >= 0.3 is 0 Å². The van der Waals surface area contributed by atoms with Crippen LogP contribution in [0.25, 0.3) is 16.6 Å². The minimum Gasteiger partial charge on any atom is -0.350 e. The fourth-order valence-electron chi connectivity index (χ4n) is 3.62. The van der Waals surface area contributed by atoms with Crippen molar-refractivity contribution in [1.29, 1.82) is 0 Å². The molecule has 0 aliphatic rings. The van der Waals surface area contributed by atoms with Gasteiger partial charge in [-0.25, -0.2) is 9.36 Å². The summed E-state index contributed by atoms with van der Waals surface area (Å²) < 4.78 is 2.93. The summed E-state index contributed by atoms with van der Waals surface area (Å²) in [6.07, 6.45) is 0. The van der Waals surface area contributed by atoms with E-state index >= 15 is 0 Å². The van der Waals surface area contributed by atoms with E-state index in [1.807, 2.05) is 62.4 Å². The van der Waals surface area contributed by atoms with Crippen molar-refractivity contribution in [2.45, 2.75) is 33.4 Å². The fraction of sp³-hybridized carbons (Fsp3) is 0.217. The second kappa shape index (κ2) is 8.35. The van der Waals surface area contributed by atoms with Crippen molar-refractivity contribution >= 4 is 28.4 Å². The molecular formula is C23H22ClN5O2. The normalized spacial score (nSPS) is 12.1. The van der Waals surface area contributed by atoms with Crippen molar-refractivity contribution in [3.05, 3.63) is 86.9 Å². The van der Waals surface area contributed by atoms with Gasteiger partial charge in [-0.15, -0.1) is 0 Å². The summed E-state index contributed by atoms with van der Waals surface area (Å²) in [7, 11) is 0. The second-order valence-corrected chi connectivity index (χ2v) is 7.78. The molecule has 31 heavy (non-hydrogen) atoms. The first-order valence-corrected chi connectivity index (χ1v) is 10.3. The molecule has 0 saturated heterocycles. The van der Waals surface area contributed by atoms with E-state index in [4.69, 9.17) is 11.6 Å². The molecule has 8 heteroatoms. The minimum absolute atomic E-state index is 0.264. The van der Waals surface area contributed by atoms with Crippen LogP contribution in [0.2, 0.25) is 5.02 Å². The van der Waals surface area contributed by atoms with E-state index in [1.165, 1.54) is 4.68 Å². The molecule has 158 valence electrons. The Hall–Kier alpha value is -3.45. The smallest absolute Gasteiger partial charge is 0.295 e. The number of nitrogens with zero attached hydrogens (tertiary/aromatic N) is 4. The van der Waals surface area contributed by atoms with Gasteiger partial charge in [0.1, 0.15) is 6.04 Å². The van der Waals surface area contributed by atoms with Crippen LogP contribution in [-0.2, 0) is 11.3 Å². The van der Waals surface area contributed by atoms with Crippen LogP contribution in [0.4, 0.5) is 0 Å². The molecule has 0 radical (unpaired) electrons. The monoisotopic (exact) mass is 435 g/mol. The lowest BCUT2D eigenvalue weighted by Crippen LogP contribution is -2.37. The number of carbonyl (C=O) groups excluding carboxylic acids is 1. The zero-order chi connectivity index (χ0) is 22.1. The molecule has 0 bridgehead atoms. The Kier molecular flexibility index (Phi) is 5.61. The lowest BCUT2D eigenvalue weighted by Gasteiger charge is -2.15. The molecule has 0 saturated carbocycles. The van der Waals surface area contributed by atoms with Crippen molar-refractivity contribution < 1.29 is 4.79 Å². The maximum absolute atomic E-state index is 13.2. The Labute approximate surface area is 184 Å². The van der Waals surface area contributed by atoms with Crippen LogP contribution >= 0.6 is 11.6 Å². The standard InChI is InChI=1S/C23H22ClN5O2/c1-14-20-15(2)28(18-10-5-4-6-11-18)27-21(20)23(31)29(26-14)16(3)22(30)25-13-17-9-7-8-12-19(17)24/h4-12,16H,13H2,1-3H3,(H,25,30). The van der Waals surface area contributed by atoms with E-state index in [0.29, 0.717) is 21.6 Å². The third-order valence-corrected chi connectivity index (χ3v) is 5.67. The molecule has 2 aromatic heterocycles. The summed E-state index contributed by atoms with van der Waals surface area (Å²) in [5.41, 5.74) is 3.01. The SMILES string of the molecule is Cc1nn(C(C)C(=O)NCc2ccccc2Cl)c(=O)c2nn(-c3ccccc3)c(C)c12. The van der Waals surface area contributed by atoms with Gasteiger partial charge < -0.3 is 5.32 Å². The van der Waals surface area contributed by atoms with Gasteiger partial charge in [-0.1, -0.05) is 48.0 Å². The molecule has 0 aliphatic carbocycles. The largest absolute Gasteiger partial charge is 0.350 e. The molecule has 1 amide bonds. The highest BCUT2D eigenvalue weighted by Crippen LogP contribution is 2.21. The van der Waals surface area contributed by atoms with Gasteiger partial charge in [0.15, 0.2) is 5.52 Å². The van der Waals surface area contributed by atoms with Crippen molar-refractivity contribution in [2.24, 2.45) is 0 Å².